The third kappa shape index (κ3) is 8.62. The fourth-order valence-electron chi connectivity index (χ4n) is 1.91. The van der Waals surface area contributed by atoms with Gasteiger partial charge in [0.05, 0.1) is 0 Å². The fraction of sp³-hybridized carbons (Fsp3) is 0.867. The predicted octanol–water partition coefficient (Wildman–Crippen LogP) is 2.48. The van der Waals surface area contributed by atoms with Crippen LogP contribution in [0.3, 0.4) is 0 Å². The van der Waals surface area contributed by atoms with Crippen LogP contribution in [0.5, 0.6) is 0 Å². The van der Waals surface area contributed by atoms with Crippen LogP contribution in [0.4, 0.5) is 0 Å². The first-order chi connectivity index (χ1) is 8.58. The van der Waals surface area contributed by atoms with Crippen LogP contribution < -0.4 is 10.6 Å². The van der Waals surface area contributed by atoms with Gasteiger partial charge in [0.2, 0.25) is 11.8 Å². The average Bonchev–Trinajstić information content (AvgIpc) is 2.21. The van der Waals surface area contributed by atoms with Crippen molar-refractivity contribution in [3.8, 4) is 0 Å². The molecule has 112 valence electrons. The predicted molar refractivity (Wildman–Crippen MR) is 78.8 cm³/mol. The molecular weight excluding hydrogens is 240 g/mol. The zero-order chi connectivity index (χ0) is 15.1. The minimum atomic E-state index is -0.382. The topological polar surface area (TPSA) is 58.2 Å². The largest absolute Gasteiger partial charge is 0.354 e. The zero-order valence-electron chi connectivity index (χ0n) is 13.4. The fourth-order valence-corrected chi connectivity index (χ4v) is 1.91. The van der Waals surface area contributed by atoms with Crippen molar-refractivity contribution in [1.29, 1.82) is 0 Å². The molecular formula is C15H30N2O2. The summed E-state index contributed by atoms with van der Waals surface area (Å²) in [5.74, 6) is 0.0662. The molecule has 19 heavy (non-hydrogen) atoms. The molecule has 0 aliphatic heterocycles. The van der Waals surface area contributed by atoms with Gasteiger partial charge in [0.25, 0.3) is 0 Å². The molecule has 0 saturated heterocycles. The van der Waals surface area contributed by atoms with Crippen LogP contribution in [0.1, 0.15) is 60.8 Å². The maximum Gasteiger partial charge on any atom is 0.225 e. The zero-order valence-corrected chi connectivity index (χ0v) is 13.4. The summed E-state index contributed by atoms with van der Waals surface area (Å²) in [6.45, 7) is 12.9. The number of carbonyl (C=O) groups excluding carboxylic acids is 2. The van der Waals surface area contributed by atoms with Crippen molar-refractivity contribution in [2.24, 2.45) is 10.8 Å². The highest BCUT2D eigenvalue weighted by molar-refractivity contribution is 5.81. The van der Waals surface area contributed by atoms with E-state index in [1.165, 1.54) is 0 Å². The molecule has 4 heteroatoms. The van der Waals surface area contributed by atoms with Crippen LogP contribution in [0.25, 0.3) is 0 Å². The summed E-state index contributed by atoms with van der Waals surface area (Å²) < 4.78 is 0. The maximum absolute atomic E-state index is 11.8. The number of hydrogen-bond donors (Lipinski definition) is 2. The van der Waals surface area contributed by atoms with Gasteiger partial charge in [-0.2, -0.15) is 0 Å². The molecule has 0 aliphatic rings. The van der Waals surface area contributed by atoms with Gasteiger partial charge < -0.3 is 10.6 Å². The molecule has 0 atom stereocenters. The molecule has 2 N–H and O–H groups in total. The van der Waals surface area contributed by atoms with E-state index in [2.05, 4.69) is 31.4 Å². The van der Waals surface area contributed by atoms with E-state index in [1.807, 2.05) is 20.8 Å². The first-order valence-corrected chi connectivity index (χ1v) is 7.13. The minimum Gasteiger partial charge on any atom is -0.354 e. The van der Waals surface area contributed by atoms with Gasteiger partial charge >= 0.3 is 0 Å². The smallest absolute Gasteiger partial charge is 0.225 e. The van der Waals surface area contributed by atoms with Gasteiger partial charge in [-0.3, -0.25) is 9.59 Å². The number of amides is 2. The van der Waals surface area contributed by atoms with Crippen molar-refractivity contribution in [3.05, 3.63) is 0 Å². The summed E-state index contributed by atoms with van der Waals surface area (Å²) in [6, 6.07) is 0. The Morgan fingerprint density at radius 2 is 1.47 bits per heavy atom. The number of nitrogens with one attached hydrogen (secondary N) is 2. The van der Waals surface area contributed by atoms with Crippen LogP contribution in [-0.4, -0.2) is 24.9 Å². The van der Waals surface area contributed by atoms with E-state index >= 15 is 0 Å². The van der Waals surface area contributed by atoms with E-state index in [0.29, 0.717) is 19.5 Å². The highest BCUT2D eigenvalue weighted by atomic mass is 16.2. The van der Waals surface area contributed by atoms with Gasteiger partial charge in [-0.15, -0.1) is 0 Å². The standard InChI is InChI=1S/C15H30N2O2/c1-7-8-15(5,6)11-12(18)16-9-10-17-13(19)14(2,3)4/h7-11H2,1-6H3,(H,16,18)(H,17,19). The molecule has 0 spiro atoms. The van der Waals surface area contributed by atoms with E-state index < -0.39 is 0 Å². The highest BCUT2D eigenvalue weighted by Crippen LogP contribution is 2.26. The Morgan fingerprint density at radius 1 is 0.947 bits per heavy atom. The molecule has 0 aliphatic carbocycles. The summed E-state index contributed by atoms with van der Waals surface area (Å²) in [5, 5.41) is 5.66. The lowest BCUT2D eigenvalue weighted by molar-refractivity contribution is -0.129. The second-order valence-electron chi connectivity index (χ2n) is 6.95. The molecule has 0 aromatic rings. The maximum atomic E-state index is 11.8. The SMILES string of the molecule is CCCC(C)(C)CC(=O)NCCNC(=O)C(C)(C)C. The van der Waals surface area contributed by atoms with Crippen LogP contribution in [0.2, 0.25) is 0 Å². The van der Waals surface area contributed by atoms with Gasteiger partial charge in [-0.25, -0.2) is 0 Å². The Bertz CT molecular complexity index is 304. The third-order valence-electron chi connectivity index (χ3n) is 2.98. The Hall–Kier alpha value is -1.06. The summed E-state index contributed by atoms with van der Waals surface area (Å²) in [4.78, 5) is 23.4. The molecule has 2 amide bonds. The van der Waals surface area contributed by atoms with Crippen molar-refractivity contribution in [3.63, 3.8) is 0 Å². The second-order valence-corrected chi connectivity index (χ2v) is 6.95. The Kier molecular flexibility index (Phi) is 7.09. The second kappa shape index (κ2) is 7.51. The Labute approximate surface area is 117 Å². The van der Waals surface area contributed by atoms with Crippen molar-refractivity contribution in [2.75, 3.05) is 13.1 Å². The van der Waals surface area contributed by atoms with E-state index in [-0.39, 0.29) is 22.6 Å². The molecule has 0 unspecified atom stereocenters. The highest BCUT2D eigenvalue weighted by Gasteiger charge is 2.22. The number of carbonyl (C=O) groups is 2. The average molecular weight is 270 g/mol. The first-order valence-electron chi connectivity index (χ1n) is 7.13. The van der Waals surface area contributed by atoms with Crippen molar-refractivity contribution < 1.29 is 9.59 Å². The molecule has 4 nitrogen and oxygen atoms in total. The summed E-state index contributed by atoms with van der Waals surface area (Å²) in [7, 11) is 0. The number of rotatable bonds is 7. The summed E-state index contributed by atoms with van der Waals surface area (Å²) in [6.07, 6.45) is 2.66. The Balaban J connectivity index is 3.85. The lowest BCUT2D eigenvalue weighted by Crippen LogP contribution is -2.40. The van der Waals surface area contributed by atoms with E-state index in [4.69, 9.17) is 0 Å². The summed E-state index contributed by atoms with van der Waals surface area (Å²) in [5.41, 5.74) is -0.333. The molecule has 0 saturated carbocycles. The van der Waals surface area contributed by atoms with Gasteiger partial charge in [-0.1, -0.05) is 48.0 Å². The third-order valence-corrected chi connectivity index (χ3v) is 2.98. The normalized spacial score (nSPS) is 12.1. The van der Waals surface area contributed by atoms with Gasteiger partial charge in [0, 0.05) is 24.9 Å². The van der Waals surface area contributed by atoms with Crippen LogP contribution in [0.15, 0.2) is 0 Å². The molecule has 0 bridgehead atoms. The van der Waals surface area contributed by atoms with Crippen LogP contribution in [-0.2, 0) is 9.59 Å². The lowest BCUT2D eigenvalue weighted by atomic mass is 9.84. The van der Waals surface area contributed by atoms with Crippen molar-refractivity contribution >= 4 is 11.8 Å². The van der Waals surface area contributed by atoms with Crippen LogP contribution in [0, 0.1) is 10.8 Å². The van der Waals surface area contributed by atoms with Gasteiger partial charge in [-0.05, 0) is 11.8 Å². The van der Waals surface area contributed by atoms with Gasteiger partial charge in [0.1, 0.15) is 0 Å². The summed E-state index contributed by atoms with van der Waals surface area (Å²) >= 11 is 0. The quantitative estimate of drug-likeness (QED) is 0.698. The molecule has 0 fully saturated rings. The van der Waals surface area contributed by atoms with Crippen molar-refractivity contribution in [1.82, 2.24) is 10.6 Å². The first kappa shape index (κ1) is 17.9. The van der Waals surface area contributed by atoms with E-state index in [0.717, 1.165) is 12.8 Å². The van der Waals surface area contributed by atoms with Gasteiger partial charge in [0.15, 0.2) is 0 Å². The molecule has 0 heterocycles. The molecule has 0 radical (unpaired) electrons. The van der Waals surface area contributed by atoms with Crippen LogP contribution >= 0.6 is 0 Å². The monoisotopic (exact) mass is 270 g/mol. The minimum absolute atomic E-state index is 0.00746. The van der Waals surface area contributed by atoms with E-state index in [9.17, 15) is 9.59 Å². The van der Waals surface area contributed by atoms with Crippen molar-refractivity contribution in [2.45, 2.75) is 60.8 Å². The Morgan fingerprint density at radius 3 is 1.95 bits per heavy atom. The number of hydrogen-bond acceptors (Lipinski definition) is 2. The lowest BCUT2D eigenvalue weighted by Gasteiger charge is -2.23. The molecule has 0 rings (SSSR count). The molecule has 0 aromatic heterocycles. The van der Waals surface area contributed by atoms with E-state index in [1.54, 1.807) is 0 Å². The molecule has 0 aromatic carbocycles.